The number of hydrogen-bond donors (Lipinski definition) is 0. The van der Waals surface area contributed by atoms with E-state index in [9.17, 15) is 9.59 Å². The van der Waals surface area contributed by atoms with Gasteiger partial charge in [0.15, 0.2) is 5.78 Å². The molecule has 0 spiro atoms. The summed E-state index contributed by atoms with van der Waals surface area (Å²) in [6, 6.07) is 0. The number of carbonyl (C=O) groups is 1. The number of carbonyl (C=O) groups excluding carboxylic acids is 2. The van der Waals surface area contributed by atoms with E-state index in [0.717, 1.165) is 18.9 Å². The number of allylic oxidation sites excluding steroid dienone is 3. The molecule has 0 heterocycles. The van der Waals surface area contributed by atoms with Crippen LogP contribution in [0.5, 0.6) is 0 Å². The predicted molar refractivity (Wildman–Crippen MR) is 48.6 cm³/mol. The van der Waals surface area contributed by atoms with Crippen LogP contribution in [0.2, 0.25) is 0 Å². The van der Waals surface area contributed by atoms with Crippen LogP contribution in [0.3, 0.4) is 0 Å². The number of hydrogen-bond acceptors (Lipinski definition) is 2. The van der Waals surface area contributed by atoms with Gasteiger partial charge in [-0.05, 0) is 18.9 Å². The maximum absolute atomic E-state index is 10.7. The van der Waals surface area contributed by atoms with Gasteiger partial charge in [0.25, 0.3) is 0 Å². The molecule has 0 aromatic heterocycles. The second-order valence-electron chi connectivity index (χ2n) is 2.56. The molecule has 0 aromatic rings. The molecule has 0 fully saturated rings. The fraction of sp³-hybridized carbons (Fsp3) is 0.500. The smallest absolute Gasteiger partial charge is 0.189 e. The first-order chi connectivity index (χ1) is 5.81. The lowest BCUT2D eigenvalue weighted by atomic mass is 10.2. The van der Waals surface area contributed by atoms with Gasteiger partial charge in [0.1, 0.15) is 5.94 Å². The van der Waals surface area contributed by atoms with Crippen LogP contribution in [0.4, 0.5) is 0 Å². The van der Waals surface area contributed by atoms with Crippen molar-refractivity contribution in [3.05, 3.63) is 18.2 Å². The molecule has 0 bridgehead atoms. The van der Waals surface area contributed by atoms with Crippen molar-refractivity contribution in [2.24, 2.45) is 0 Å². The minimum absolute atomic E-state index is 0.276. The summed E-state index contributed by atoms with van der Waals surface area (Å²) >= 11 is 0. The summed E-state index contributed by atoms with van der Waals surface area (Å²) in [7, 11) is 0. The zero-order valence-electron chi connectivity index (χ0n) is 7.38. The highest BCUT2D eigenvalue weighted by Gasteiger charge is 1.87. The number of rotatable bonds is 6. The summed E-state index contributed by atoms with van der Waals surface area (Å²) in [5.41, 5.74) is 0. The van der Waals surface area contributed by atoms with Crippen molar-refractivity contribution in [2.45, 2.75) is 32.6 Å². The van der Waals surface area contributed by atoms with Crippen molar-refractivity contribution in [1.29, 1.82) is 0 Å². The molecule has 2 nitrogen and oxygen atoms in total. The molecule has 2 heteroatoms. The minimum atomic E-state index is -0.276. The Labute approximate surface area is 73.0 Å². The molecule has 0 aromatic carbocycles. The van der Waals surface area contributed by atoms with Crippen LogP contribution in [0.15, 0.2) is 18.2 Å². The minimum Gasteiger partial charge on any atom is -0.289 e. The molecular weight excluding hydrogens is 152 g/mol. The lowest BCUT2D eigenvalue weighted by molar-refractivity contribution is -0.110. The highest BCUT2D eigenvalue weighted by Crippen LogP contribution is 1.99. The van der Waals surface area contributed by atoms with Crippen molar-refractivity contribution in [3.63, 3.8) is 0 Å². The summed E-state index contributed by atoms with van der Waals surface area (Å²) in [6.45, 7) is 2.13. The van der Waals surface area contributed by atoms with Gasteiger partial charge in [0.05, 0.1) is 6.08 Å². The number of unbranched alkanes of at least 4 members (excludes halogenated alkanes) is 3. The Morgan fingerprint density at radius 3 is 2.75 bits per heavy atom. The van der Waals surface area contributed by atoms with E-state index in [2.05, 4.69) is 6.92 Å². The third kappa shape index (κ3) is 6.97. The van der Waals surface area contributed by atoms with Gasteiger partial charge in [-0.2, -0.15) is 0 Å². The van der Waals surface area contributed by atoms with Crippen LogP contribution in [0.1, 0.15) is 32.6 Å². The Morgan fingerprint density at radius 2 is 2.17 bits per heavy atom. The molecule has 0 amide bonds. The first-order valence-electron chi connectivity index (χ1n) is 4.22. The van der Waals surface area contributed by atoms with Crippen molar-refractivity contribution in [3.8, 4) is 0 Å². The third-order valence-corrected chi connectivity index (χ3v) is 1.46. The Kier molecular flexibility index (Phi) is 7.21. The van der Waals surface area contributed by atoms with E-state index in [1.54, 1.807) is 6.08 Å². The van der Waals surface area contributed by atoms with E-state index in [1.165, 1.54) is 24.9 Å². The molecule has 0 aliphatic rings. The first-order valence-corrected chi connectivity index (χ1v) is 4.22. The Morgan fingerprint density at radius 1 is 1.42 bits per heavy atom. The fourth-order valence-corrected chi connectivity index (χ4v) is 0.818. The van der Waals surface area contributed by atoms with E-state index in [4.69, 9.17) is 0 Å². The van der Waals surface area contributed by atoms with Crippen LogP contribution in [-0.2, 0) is 9.59 Å². The van der Waals surface area contributed by atoms with Gasteiger partial charge in [-0.15, -0.1) is 0 Å². The SMILES string of the molecule is CCCCC/C=C/C(=O)C=C=O. The van der Waals surface area contributed by atoms with Crippen LogP contribution in [0, 0.1) is 0 Å². The summed E-state index contributed by atoms with van der Waals surface area (Å²) in [4.78, 5) is 20.4. The lowest BCUT2D eigenvalue weighted by Gasteiger charge is -1.89. The molecule has 0 aliphatic carbocycles. The van der Waals surface area contributed by atoms with Gasteiger partial charge in [-0.1, -0.05) is 25.8 Å². The van der Waals surface area contributed by atoms with Crippen LogP contribution < -0.4 is 0 Å². The molecule has 66 valence electrons. The van der Waals surface area contributed by atoms with E-state index < -0.39 is 0 Å². The molecule has 0 rings (SSSR count). The van der Waals surface area contributed by atoms with Crippen LogP contribution >= 0.6 is 0 Å². The van der Waals surface area contributed by atoms with Crippen LogP contribution in [-0.4, -0.2) is 11.7 Å². The van der Waals surface area contributed by atoms with Gasteiger partial charge in [-0.25, -0.2) is 4.79 Å². The molecule has 0 saturated carbocycles. The summed E-state index contributed by atoms with van der Waals surface area (Å²) in [5.74, 6) is 1.17. The van der Waals surface area contributed by atoms with E-state index in [0.29, 0.717) is 0 Å². The van der Waals surface area contributed by atoms with E-state index in [1.807, 2.05) is 0 Å². The van der Waals surface area contributed by atoms with Gasteiger partial charge in [-0.3, -0.25) is 4.79 Å². The monoisotopic (exact) mass is 166 g/mol. The second kappa shape index (κ2) is 7.96. The Bertz CT molecular complexity index is 198. The fourth-order valence-electron chi connectivity index (χ4n) is 0.818. The molecule has 0 atom stereocenters. The van der Waals surface area contributed by atoms with Gasteiger partial charge in [0.2, 0.25) is 0 Å². The van der Waals surface area contributed by atoms with Gasteiger partial charge in [0, 0.05) is 0 Å². The maximum atomic E-state index is 10.7. The quantitative estimate of drug-likeness (QED) is 0.344. The van der Waals surface area contributed by atoms with Gasteiger partial charge >= 0.3 is 0 Å². The Hall–Kier alpha value is -1.14. The molecular formula is C10H14O2. The topological polar surface area (TPSA) is 34.1 Å². The normalized spacial score (nSPS) is 9.75. The van der Waals surface area contributed by atoms with Gasteiger partial charge < -0.3 is 0 Å². The molecule has 0 radical (unpaired) electrons. The molecule has 12 heavy (non-hydrogen) atoms. The van der Waals surface area contributed by atoms with Crippen molar-refractivity contribution in [2.75, 3.05) is 0 Å². The molecule has 0 aliphatic heterocycles. The number of ketones is 1. The molecule has 0 N–H and O–H groups in total. The highest BCUT2D eigenvalue weighted by molar-refractivity contribution is 6.03. The summed E-state index contributed by atoms with van der Waals surface area (Å²) < 4.78 is 0. The second-order valence-corrected chi connectivity index (χ2v) is 2.56. The zero-order chi connectivity index (χ0) is 9.23. The first kappa shape index (κ1) is 10.9. The van der Waals surface area contributed by atoms with Crippen molar-refractivity contribution >= 4 is 11.7 Å². The summed E-state index contributed by atoms with van der Waals surface area (Å²) in [6.07, 6.45) is 8.48. The average molecular weight is 166 g/mol. The van der Waals surface area contributed by atoms with E-state index >= 15 is 0 Å². The lowest BCUT2D eigenvalue weighted by Crippen LogP contribution is -1.84. The maximum Gasteiger partial charge on any atom is 0.189 e. The molecule has 0 saturated heterocycles. The summed E-state index contributed by atoms with van der Waals surface area (Å²) in [5, 5.41) is 0. The zero-order valence-corrected chi connectivity index (χ0v) is 7.38. The standard InChI is InChI=1S/C10H14O2/c1-2-3-4-5-6-7-10(12)8-9-11/h6-8H,2-5H2,1H3/b7-6+. The van der Waals surface area contributed by atoms with Crippen molar-refractivity contribution in [1.82, 2.24) is 0 Å². The Balaban J connectivity index is 3.48. The molecule has 0 unspecified atom stereocenters. The van der Waals surface area contributed by atoms with Crippen LogP contribution in [0.25, 0.3) is 0 Å². The average Bonchev–Trinajstić information content (AvgIpc) is 2.05. The predicted octanol–water partition coefficient (Wildman–Crippen LogP) is 2.08. The third-order valence-electron chi connectivity index (χ3n) is 1.46. The van der Waals surface area contributed by atoms with Crippen molar-refractivity contribution < 1.29 is 9.59 Å². The van der Waals surface area contributed by atoms with E-state index in [-0.39, 0.29) is 5.78 Å². The highest BCUT2D eigenvalue weighted by atomic mass is 16.1. The largest absolute Gasteiger partial charge is 0.289 e.